The zero-order valence-electron chi connectivity index (χ0n) is 18.3. The van der Waals surface area contributed by atoms with Crippen molar-refractivity contribution in [2.75, 3.05) is 7.11 Å². The van der Waals surface area contributed by atoms with Crippen LogP contribution in [0.4, 0.5) is 0 Å². The van der Waals surface area contributed by atoms with Gasteiger partial charge in [-0.05, 0) is 31.2 Å². The third kappa shape index (κ3) is 4.49. The zero-order chi connectivity index (χ0) is 22.0. The van der Waals surface area contributed by atoms with Crippen LogP contribution in [0.3, 0.4) is 0 Å². The molecule has 0 aliphatic heterocycles. The van der Waals surface area contributed by atoms with E-state index in [-0.39, 0.29) is 5.41 Å². The van der Waals surface area contributed by atoms with Crippen molar-refractivity contribution in [3.8, 4) is 22.8 Å². The molecular formula is C23H25N5O2S. The van der Waals surface area contributed by atoms with E-state index in [2.05, 4.69) is 72.3 Å². The van der Waals surface area contributed by atoms with Crippen molar-refractivity contribution in [1.29, 1.82) is 0 Å². The largest absolute Gasteiger partial charge is 0.496 e. The van der Waals surface area contributed by atoms with Gasteiger partial charge in [-0.3, -0.25) is 4.57 Å². The fraction of sp³-hybridized carbons (Fsp3) is 0.304. The molecule has 8 heteroatoms. The average Bonchev–Trinajstić information content (AvgIpc) is 3.40. The number of para-hydroxylation sites is 1. The molecule has 0 aliphatic rings. The van der Waals surface area contributed by atoms with E-state index in [1.165, 1.54) is 17.3 Å². The van der Waals surface area contributed by atoms with Gasteiger partial charge in [-0.1, -0.05) is 67.5 Å². The quantitative estimate of drug-likeness (QED) is 0.384. The molecule has 0 fully saturated rings. The van der Waals surface area contributed by atoms with Crippen molar-refractivity contribution in [3.63, 3.8) is 0 Å². The predicted octanol–water partition coefficient (Wildman–Crippen LogP) is 5.22. The van der Waals surface area contributed by atoms with Crippen LogP contribution in [0.25, 0.3) is 17.1 Å². The van der Waals surface area contributed by atoms with Gasteiger partial charge in [0.1, 0.15) is 5.75 Å². The van der Waals surface area contributed by atoms with Crippen LogP contribution < -0.4 is 4.74 Å². The van der Waals surface area contributed by atoms with Crippen molar-refractivity contribution < 1.29 is 9.26 Å². The molecule has 0 saturated carbocycles. The maximum Gasteiger partial charge on any atom is 0.237 e. The van der Waals surface area contributed by atoms with Crippen LogP contribution in [0.5, 0.6) is 5.75 Å². The van der Waals surface area contributed by atoms with E-state index in [0.29, 0.717) is 23.3 Å². The minimum atomic E-state index is -0.161. The number of aryl methyl sites for hydroxylation is 1. The summed E-state index contributed by atoms with van der Waals surface area (Å²) in [4.78, 5) is 4.53. The lowest BCUT2D eigenvalue weighted by molar-refractivity contribution is 0.372. The molecule has 0 N–H and O–H groups in total. The Kier molecular flexibility index (Phi) is 5.82. The first-order valence-electron chi connectivity index (χ1n) is 9.98. The number of methoxy groups -OCH3 is 1. The number of ether oxygens (including phenoxy) is 1. The summed E-state index contributed by atoms with van der Waals surface area (Å²) in [7, 11) is 1.66. The monoisotopic (exact) mass is 435 g/mol. The maximum atomic E-state index is 5.56. The molecule has 0 radical (unpaired) electrons. The molecule has 2 aromatic carbocycles. The normalized spacial score (nSPS) is 11.6. The van der Waals surface area contributed by atoms with Gasteiger partial charge in [-0.2, -0.15) is 4.98 Å². The van der Waals surface area contributed by atoms with E-state index in [4.69, 9.17) is 9.26 Å². The Hall–Kier alpha value is -3.13. The highest BCUT2D eigenvalue weighted by Crippen LogP contribution is 2.34. The van der Waals surface area contributed by atoms with E-state index in [1.807, 2.05) is 28.8 Å². The molecule has 4 aromatic rings. The average molecular weight is 436 g/mol. The molecule has 0 spiro atoms. The molecule has 2 heterocycles. The molecule has 0 saturated heterocycles. The molecule has 0 unspecified atom stereocenters. The van der Waals surface area contributed by atoms with Crippen molar-refractivity contribution in [2.45, 2.75) is 44.0 Å². The predicted molar refractivity (Wildman–Crippen MR) is 121 cm³/mol. The first kappa shape index (κ1) is 21.1. The minimum absolute atomic E-state index is 0.161. The number of benzene rings is 2. The molecule has 0 aliphatic carbocycles. The Balaban J connectivity index is 1.72. The second-order valence-electron chi connectivity index (χ2n) is 8.23. The molecule has 31 heavy (non-hydrogen) atoms. The van der Waals surface area contributed by atoms with E-state index in [9.17, 15) is 0 Å². The van der Waals surface area contributed by atoms with Crippen LogP contribution in [0, 0.1) is 6.92 Å². The maximum absolute atomic E-state index is 5.56. The van der Waals surface area contributed by atoms with Gasteiger partial charge in [0.05, 0.1) is 18.4 Å². The summed E-state index contributed by atoms with van der Waals surface area (Å²) in [5.41, 5.74) is 2.87. The molecule has 0 amide bonds. The second kappa shape index (κ2) is 8.55. The highest BCUT2D eigenvalue weighted by atomic mass is 32.2. The summed E-state index contributed by atoms with van der Waals surface area (Å²) < 4.78 is 13.0. The lowest BCUT2D eigenvalue weighted by Crippen LogP contribution is -2.13. The summed E-state index contributed by atoms with van der Waals surface area (Å²) in [6, 6.07) is 16.1. The summed E-state index contributed by atoms with van der Waals surface area (Å²) >= 11 is 1.50. The third-order valence-corrected chi connectivity index (χ3v) is 5.65. The molecule has 4 rings (SSSR count). The lowest BCUT2D eigenvalue weighted by atomic mass is 9.96. The Labute approximate surface area is 185 Å². The SMILES string of the molecule is COc1ccccc1-c1nnc(SCc2nc(C(C)(C)C)no2)n1-c1ccc(C)cc1. The Morgan fingerprint density at radius 1 is 1.03 bits per heavy atom. The van der Waals surface area contributed by atoms with Crippen LogP contribution in [-0.4, -0.2) is 32.0 Å². The minimum Gasteiger partial charge on any atom is -0.496 e. The first-order chi connectivity index (χ1) is 14.9. The zero-order valence-corrected chi connectivity index (χ0v) is 19.1. The van der Waals surface area contributed by atoms with Crippen molar-refractivity contribution in [2.24, 2.45) is 0 Å². The molecule has 0 atom stereocenters. The molecule has 0 bridgehead atoms. The molecule has 160 valence electrons. The van der Waals surface area contributed by atoms with Crippen molar-refractivity contribution in [3.05, 3.63) is 65.8 Å². The lowest BCUT2D eigenvalue weighted by Gasteiger charge is -2.12. The number of rotatable bonds is 6. The third-order valence-electron chi connectivity index (χ3n) is 4.74. The summed E-state index contributed by atoms with van der Waals surface area (Å²) in [5, 5.41) is 13.8. The van der Waals surface area contributed by atoms with Crippen LogP contribution in [0.1, 0.15) is 38.0 Å². The fourth-order valence-corrected chi connectivity index (χ4v) is 3.83. The Bertz CT molecular complexity index is 1180. The van der Waals surface area contributed by atoms with Crippen LogP contribution >= 0.6 is 11.8 Å². The number of nitrogens with zero attached hydrogens (tertiary/aromatic N) is 5. The van der Waals surface area contributed by atoms with Gasteiger partial charge in [0.15, 0.2) is 16.8 Å². The fourth-order valence-electron chi connectivity index (χ4n) is 3.04. The number of thioether (sulfide) groups is 1. The van der Waals surface area contributed by atoms with Gasteiger partial charge >= 0.3 is 0 Å². The highest BCUT2D eigenvalue weighted by molar-refractivity contribution is 7.98. The van der Waals surface area contributed by atoms with Gasteiger partial charge in [-0.25, -0.2) is 0 Å². The van der Waals surface area contributed by atoms with E-state index >= 15 is 0 Å². The van der Waals surface area contributed by atoms with Crippen molar-refractivity contribution in [1.82, 2.24) is 24.9 Å². The number of hydrogen-bond donors (Lipinski definition) is 0. The highest BCUT2D eigenvalue weighted by Gasteiger charge is 2.23. The van der Waals surface area contributed by atoms with Crippen LogP contribution in [0.2, 0.25) is 0 Å². The summed E-state index contributed by atoms with van der Waals surface area (Å²) in [6.07, 6.45) is 0. The van der Waals surface area contributed by atoms with Crippen LogP contribution in [-0.2, 0) is 11.2 Å². The van der Waals surface area contributed by atoms with E-state index < -0.39 is 0 Å². The van der Waals surface area contributed by atoms with Gasteiger partial charge < -0.3 is 9.26 Å². The Morgan fingerprint density at radius 3 is 2.45 bits per heavy atom. The Morgan fingerprint density at radius 2 is 1.77 bits per heavy atom. The topological polar surface area (TPSA) is 78.9 Å². The van der Waals surface area contributed by atoms with Crippen molar-refractivity contribution >= 4 is 11.8 Å². The van der Waals surface area contributed by atoms with E-state index in [0.717, 1.165) is 22.2 Å². The van der Waals surface area contributed by atoms with Gasteiger partial charge in [0.25, 0.3) is 0 Å². The summed E-state index contributed by atoms with van der Waals surface area (Å²) in [5.74, 6) is 3.21. The number of hydrogen-bond acceptors (Lipinski definition) is 7. The van der Waals surface area contributed by atoms with Crippen LogP contribution in [0.15, 0.2) is 58.2 Å². The van der Waals surface area contributed by atoms with E-state index in [1.54, 1.807) is 7.11 Å². The molecule has 7 nitrogen and oxygen atoms in total. The molecular weight excluding hydrogens is 410 g/mol. The number of aromatic nitrogens is 5. The van der Waals surface area contributed by atoms with Gasteiger partial charge in [-0.15, -0.1) is 10.2 Å². The second-order valence-corrected chi connectivity index (χ2v) is 9.17. The van der Waals surface area contributed by atoms with Gasteiger partial charge in [0, 0.05) is 11.1 Å². The first-order valence-corrected chi connectivity index (χ1v) is 11.0. The van der Waals surface area contributed by atoms with Gasteiger partial charge in [0.2, 0.25) is 5.89 Å². The smallest absolute Gasteiger partial charge is 0.237 e. The summed E-state index contributed by atoms with van der Waals surface area (Å²) in [6.45, 7) is 8.24. The standard InChI is InChI=1S/C23H25N5O2S/c1-15-10-12-16(13-11-15)28-20(17-8-6-7-9-18(17)29-5)25-26-22(28)31-14-19-24-21(27-30-19)23(2,3)4/h6-13H,14H2,1-5H3. The molecule has 2 aromatic heterocycles.